The van der Waals surface area contributed by atoms with Gasteiger partial charge in [0.15, 0.2) is 5.65 Å². The van der Waals surface area contributed by atoms with Gasteiger partial charge in [0.2, 0.25) is 0 Å². The molecule has 1 unspecified atom stereocenters. The molecule has 0 saturated carbocycles. The van der Waals surface area contributed by atoms with Crippen molar-refractivity contribution in [2.24, 2.45) is 0 Å². The Morgan fingerprint density at radius 2 is 1.94 bits per heavy atom. The molecule has 4 rings (SSSR count). The van der Waals surface area contributed by atoms with Gasteiger partial charge in [-0.2, -0.15) is 5.10 Å². The van der Waals surface area contributed by atoms with E-state index in [1.54, 1.807) is 13.3 Å². The van der Waals surface area contributed by atoms with E-state index >= 15 is 0 Å². The fraction of sp³-hybridized carbons (Fsp3) is 0.458. The van der Waals surface area contributed by atoms with Crippen LogP contribution in [0.3, 0.4) is 0 Å². The molecule has 170 valence electrons. The lowest BCUT2D eigenvalue weighted by atomic mass is 10.0. The van der Waals surface area contributed by atoms with Gasteiger partial charge < -0.3 is 14.8 Å². The van der Waals surface area contributed by atoms with Crippen LogP contribution in [0, 0.1) is 6.92 Å². The van der Waals surface area contributed by atoms with Gasteiger partial charge in [0.1, 0.15) is 5.75 Å². The van der Waals surface area contributed by atoms with Crippen LogP contribution in [0.4, 0.5) is 0 Å². The maximum Gasteiger partial charge on any atom is 0.252 e. The van der Waals surface area contributed by atoms with Gasteiger partial charge >= 0.3 is 0 Å². The van der Waals surface area contributed by atoms with Gasteiger partial charge in [-0.05, 0) is 44.5 Å². The van der Waals surface area contributed by atoms with E-state index in [4.69, 9.17) is 9.47 Å². The van der Waals surface area contributed by atoms with Crippen molar-refractivity contribution in [2.45, 2.75) is 32.9 Å². The minimum absolute atomic E-state index is 0.0468. The van der Waals surface area contributed by atoms with Crippen LogP contribution in [0.2, 0.25) is 0 Å². The van der Waals surface area contributed by atoms with Gasteiger partial charge in [-0.3, -0.25) is 9.69 Å². The standard InChI is InChI=1S/C24H31N5O3/c1-16(2)29-23-21(14-26-29)20(13-17(3)27-23)24(30)25-15-22(28-9-11-32-12-10-28)18-5-7-19(31-4)8-6-18/h5-8,13-14,16,22H,9-12,15H2,1-4H3,(H,25,30). The molecule has 0 bridgehead atoms. The second-order valence-corrected chi connectivity index (χ2v) is 8.38. The zero-order valence-corrected chi connectivity index (χ0v) is 19.2. The minimum Gasteiger partial charge on any atom is -0.497 e. The van der Waals surface area contributed by atoms with E-state index in [9.17, 15) is 4.79 Å². The Hall–Kier alpha value is -2.97. The summed E-state index contributed by atoms with van der Waals surface area (Å²) in [4.78, 5) is 20.2. The van der Waals surface area contributed by atoms with Gasteiger partial charge in [0, 0.05) is 31.4 Å². The van der Waals surface area contributed by atoms with Crippen molar-refractivity contribution in [2.75, 3.05) is 40.0 Å². The molecule has 1 aliphatic heterocycles. The molecule has 3 aromatic rings. The predicted octanol–water partition coefficient (Wildman–Crippen LogP) is 3.13. The zero-order chi connectivity index (χ0) is 22.7. The van der Waals surface area contributed by atoms with E-state index in [2.05, 4.69) is 46.3 Å². The molecule has 1 saturated heterocycles. The van der Waals surface area contributed by atoms with Gasteiger partial charge in [0.25, 0.3) is 5.91 Å². The quantitative estimate of drug-likeness (QED) is 0.612. The van der Waals surface area contributed by atoms with Crippen LogP contribution in [0.5, 0.6) is 5.75 Å². The largest absolute Gasteiger partial charge is 0.497 e. The summed E-state index contributed by atoms with van der Waals surface area (Å²) in [6.45, 7) is 9.54. The van der Waals surface area contributed by atoms with E-state index in [0.29, 0.717) is 25.3 Å². The minimum atomic E-state index is -0.115. The molecule has 32 heavy (non-hydrogen) atoms. The number of morpholine rings is 1. The average Bonchev–Trinajstić information content (AvgIpc) is 3.23. The van der Waals surface area contributed by atoms with Crippen molar-refractivity contribution in [1.29, 1.82) is 0 Å². The number of pyridine rings is 1. The molecule has 0 aliphatic carbocycles. The van der Waals surface area contributed by atoms with Crippen molar-refractivity contribution in [3.05, 3.63) is 53.3 Å². The summed E-state index contributed by atoms with van der Waals surface area (Å²) in [5.41, 5.74) is 3.28. The number of hydrogen-bond donors (Lipinski definition) is 1. The molecule has 1 amide bonds. The lowest BCUT2D eigenvalue weighted by molar-refractivity contribution is 0.0162. The first-order chi connectivity index (χ1) is 15.5. The van der Waals surface area contributed by atoms with E-state index in [1.807, 2.05) is 29.8 Å². The van der Waals surface area contributed by atoms with Crippen molar-refractivity contribution in [1.82, 2.24) is 25.0 Å². The smallest absolute Gasteiger partial charge is 0.252 e. The third-order valence-corrected chi connectivity index (χ3v) is 5.87. The highest BCUT2D eigenvalue weighted by Gasteiger charge is 2.24. The van der Waals surface area contributed by atoms with Crippen LogP contribution < -0.4 is 10.1 Å². The normalized spacial score (nSPS) is 15.8. The number of aromatic nitrogens is 3. The Kier molecular flexibility index (Phi) is 6.72. The zero-order valence-electron chi connectivity index (χ0n) is 19.2. The molecular formula is C24H31N5O3. The number of aryl methyl sites for hydroxylation is 1. The number of carbonyl (C=O) groups excluding carboxylic acids is 1. The molecule has 1 fully saturated rings. The van der Waals surface area contributed by atoms with Crippen LogP contribution in [-0.2, 0) is 4.74 Å². The molecular weight excluding hydrogens is 406 g/mol. The van der Waals surface area contributed by atoms with Crippen molar-refractivity contribution in [3.8, 4) is 5.75 Å². The molecule has 1 atom stereocenters. The number of methoxy groups -OCH3 is 1. The summed E-state index contributed by atoms with van der Waals surface area (Å²) in [6, 6.07) is 10.1. The second kappa shape index (κ2) is 9.67. The van der Waals surface area contributed by atoms with Crippen LogP contribution in [0.15, 0.2) is 36.5 Å². The summed E-state index contributed by atoms with van der Waals surface area (Å²) in [7, 11) is 1.66. The Bertz CT molecular complexity index is 1070. The highest BCUT2D eigenvalue weighted by atomic mass is 16.5. The maximum atomic E-state index is 13.3. The van der Waals surface area contributed by atoms with Crippen LogP contribution in [0.25, 0.3) is 11.0 Å². The lowest BCUT2D eigenvalue weighted by Crippen LogP contribution is -2.43. The molecule has 1 N–H and O–H groups in total. The summed E-state index contributed by atoms with van der Waals surface area (Å²) < 4.78 is 12.7. The molecule has 8 heteroatoms. The number of benzene rings is 1. The van der Waals surface area contributed by atoms with Gasteiger partial charge in [-0.25, -0.2) is 9.67 Å². The number of nitrogens with zero attached hydrogens (tertiary/aromatic N) is 4. The first-order valence-corrected chi connectivity index (χ1v) is 11.1. The van der Waals surface area contributed by atoms with E-state index in [0.717, 1.165) is 41.1 Å². The van der Waals surface area contributed by atoms with Crippen molar-refractivity contribution < 1.29 is 14.3 Å². The molecule has 1 aromatic carbocycles. The molecule has 8 nitrogen and oxygen atoms in total. The number of fused-ring (bicyclic) bond motifs is 1. The van der Waals surface area contributed by atoms with E-state index in [-0.39, 0.29) is 18.0 Å². The van der Waals surface area contributed by atoms with Crippen LogP contribution in [-0.4, -0.2) is 65.5 Å². The van der Waals surface area contributed by atoms with Gasteiger partial charge in [-0.15, -0.1) is 0 Å². The average molecular weight is 438 g/mol. The number of nitrogens with one attached hydrogen (secondary N) is 1. The fourth-order valence-electron chi connectivity index (χ4n) is 4.17. The Labute approximate surface area is 188 Å². The first kappa shape index (κ1) is 22.2. The summed E-state index contributed by atoms with van der Waals surface area (Å²) in [6.07, 6.45) is 1.74. The number of hydrogen-bond acceptors (Lipinski definition) is 6. The summed E-state index contributed by atoms with van der Waals surface area (Å²) in [5.74, 6) is 0.700. The van der Waals surface area contributed by atoms with E-state index in [1.165, 1.54) is 0 Å². The molecule has 1 aliphatic rings. The number of amides is 1. The lowest BCUT2D eigenvalue weighted by Gasteiger charge is -2.35. The molecule has 0 radical (unpaired) electrons. The van der Waals surface area contributed by atoms with Crippen molar-refractivity contribution in [3.63, 3.8) is 0 Å². The van der Waals surface area contributed by atoms with Gasteiger partial charge in [-0.1, -0.05) is 12.1 Å². The summed E-state index contributed by atoms with van der Waals surface area (Å²) >= 11 is 0. The van der Waals surface area contributed by atoms with E-state index < -0.39 is 0 Å². The molecule has 3 heterocycles. The third kappa shape index (κ3) is 4.61. The number of carbonyl (C=O) groups is 1. The van der Waals surface area contributed by atoms with Crippen LogP contribution in [0.1, 0.15) is 47.5 Å². The monoisotopic (exact) mass is 437 g/mol. The topological polar surface area (TPSA) is 81.5 Å². The highest BCUT2D eigenvalue weighted by Crippen LogP contribution is 2.25. The Morgan fingerprint density at radius 1 is 1.22 bits per heavy atom. The third-order valence-electron chi connectivity index (χ3n) is 5.87. The Balaban J connectivity index is 1.58. The molecule has 0 spiro atoms. The van der Waals surface area contributed by atoms with Crippen molar-refractivity contribution >= 4 is 16.9 Å². The maximum absolute atomic E-state index is 13.3. The Morgan fingerprint density at radius 3 is 2.59 bits per heavy atom. The number of ether oxygens (including phenoxy) is 2. The van der Waals surface area contributed by atoms with Crippen LogP contribution >= 0.6 is 0 Å². The fourth-order valence-corrected chi connectivity index (χ4v) is 4.17. The van der Waals surface area contributed by atoms with Gasteiger partial charge in [0.05, 0.1) is 43.5 Å². The SMILES string of the molecule is COc1ccc(C(CNC(=O)c2cc(C)nc3c2cnn3C(C)C)N2CCOCC2)cc1. The first-order valence-electron chi connectivity index (χ1n) is 11.1. The molecule has 2 aromatic heterocycles. The summed E-state index contributed by atoms with van der Waals surface area (Å²) in [5, 5.41) is 8.39. The predicted molar refractivity (Wildman–Crippen MR) is 123 cm³/mol. The highest BCUT2D eigenvalue weighted by molar-refractivity contribution is 6.05. The number of rotatable bonds is 7. The second-order valence-electron chi connectivity index (χ2n) is 8.38.